The number of para-hydroxylation sites is 1. The predicted molar refractivity (Wildman–Crippen MR) is 92.5 cm³/mol. The molecule has 0 amide bonds. The largest absolute Gasteiger partial charge is 0.496 e. The van der Waals surface area contributed by atoms with E-state index in [1.54, 1.807) is 24.2 Å². The van der Waals surface area contributed by atoms with Crippen LogP contribution < -0.4 is 10.2 Å². The summed E-state index contributed by atoms with van der Waals surface area (Å²) >= 11 is 0. The van der Waals surface area contributed by atoms with Gasteiger partial charge in [0.15, 0.2) is 11.5 Å². The van der Waals surface area contributed by atoms with Gasteiger partial charge in [-0.05, 0) is 12.1 Å². The van der Waals surface area contributed by atoms with E-state index in [1.165, 1.54) is 0 Å². The van der Waals surface area contributed by atoms with Crippen LogP contribution in [0.25, 0.3) is 16.4 Å². The molecule has 118 valence electrons. The molecule has 0 unspecified atom stereocenters. The van der Waals surface area contributed by atoms with Gasteiger partial charge < -0.3 is 4.74 Å². The summed E-state index contributed by atoms with van der Waals surface area (Å²) in [6, 6.07) is 15.5. The molecule has 0 atom stereocenters. The standard InChI is InChI=1S/C17H14N6O/c1-24-15-9-5-2-6-12(15)10-18-20-16-13-7-3-4-8-14(13)17-21-19-11-23(17)22-16/h2-11H,1H3,(H,20,22)/b18-10+. The number of aromatic nitrogens is 4. The number of hydrazone groups is 1. The second kappa shape index (κ2) is 5.96. The minimum Gasteiger partial charge on any atom is -0.496 e. The van der Waals surface area contributed by atoms with Gasteiger partial charge in [-0.2, -0.15) is 9.62 Å². The molecule has 0 aliphatic carbocycles. The predicted octanol–water partition coefficient (Wildman–Crippen LogP) is 2.73. The second-order valence-electron chi connectivity index (χ2n) is 5.11. The van der Waals surface area contributed by atoms with Gasteiger partial charge >= 0.3 is 0 Å². The van der Waals surface area contributed by atoms with Gasteiger partial charge in [-0.3, -0.25) is 5.43 Å². The monoisotopic (exact) mass is 318 g/mol. The Morgan fingerprint density at radius 3 is 2.75 bits per heavy atom. The van der Waals surface area contributed by atoms with Gasteiger partial charge in [0.2, 0.25) is 0 Å². The van der Waals surface area contributed by atoms with E-state index in [2.05, 4.69) is 25.8 Å². The number of hydrogen-bond donors (Lipinski definition) is 1. The summed E-state index contributed by atoms with van der Waals surface area (Å²) < 4.78 is 6.94. The molecule has 4 rings (SSSR count). The molecule has 24 heavy (non-hydrogen) atoms. The van der Waals surface area contributed by atoms with E-state index >= 15 is 0 Å². The number of fused-ring (bicyclic) bond motifs is 3. The Labute approximate surface area is 137 Å². The van der Waals surface area contributed by atoms with Crippen molar-refractivity contribution in [2.75, 3.05) is 12.5 Å². The molecule has 0 radical (unpaired) electrons. The fraction of sp³-hybridized carbons (Fsp3) is 0.0588. The number of methoxy groups -OCH3 is 1. The highest BCUT2D eigenvalue weighted by molar-refractivity contribution is 6.00. The highest BCUT2D eigenvalue weighted by Gasteiger charge is 2.08. The molecular weight excluding hydrogens is 304 g/mol. The first-order chi connectivity index (χ1) is 11.9. The van der Waals surface area contributed by atoms with Gasteiger partial charge in [0.25, 0.3) is 0 Å². The van der Waals surface area contributed by atoms with Gasteiger partial charge in [-0.1, -0.05) is 36.4 Å². The summed E-state index contributed by atoms with van der Waals surface area (Å²) in [5, 5.41) is 18.7. The van der Waals surface area contributed by atoms with Gasteiger partial charge in [0.05, 0.1) is 13.3 Å². The number of benzene rings is 2. The second-order valence-corrected chi connectivity index (χ2v) is 5.11. The summed E-state index contributed by atoms with van der Waals surface area (Å²) in [5.74, 6) is 1.39. The minimum atomic E-state index is 0.629. The first kappa shape index (κ1) is 14.1. The van der Waals surface area contributed by atoms with E-state index in [0.29, 0.717) is 11.5 Å². The maximum absolute atomic E-state index is 5.31. The quantitative estimate of drug-likeness (QED) is 0.462. The van der Waals surface area contributed by atoms with Gasteiger partial charge in [-0.25, -0.2) is 0 Å². The third-order valence-electron chi connectivity index (χ3n) is 3.67. The lowest BCUT2D eigenvalue weighted by Gasteiger charge is -2.06. The molecule has 0 spiro atoms. The molecule has 0 saturated heterocycles. The minimum absolute atomic E-state index is 0.629. The van der Waals surface area contributed by atoms with Crippen molar-refractivity contribution in [1.29, 1.82) is 0 Å². The number of nitrogens with one attached hydrogen (secondary N) is 1. The molecule has 2 heterocycles. The van der Waals surface area contributed by atoms with Crippen molar-refractivity contribution in [1.82, 2.24) is 19.8 Å². The summed E-state index contributed by atoms with van der Waals surface area (Å²) in [4.78, 5) is 0. The zero-order chi connectivity index (χ0) is 16.4. The first-order valence-corrected chi connectivity index (χ1v) is 7.37. The lowest BCUT2D eigenvalue weighted by Crippen LogP contribution is -2.01. The zero-order valence-electron chi connectivity index (χ0n) is 12.9. The Balaban J connectivity index is 1.72. The normalized spacial score (nSPS) is 11.4. The topological polar surface area (TPSA) is 76.7 Å². The van der Waals surface area contributed by atoms with Gasteiger partial charge in [-0.15, -0.1) is 15.3 Å². The molecule has 7 nitrogen and oxygen atoms in total. The zero-order valence-corrected chi connectivity index (χ0v) is 12.9. The Morgan fingerprint density at radius 2 is 1.88 bits per heavy atom. The molecule has 0 aliphatic rings. The summed E-state index contributed by atoms with van der Waals surface area (Å²) in [7, 11) is 1.63. The summed E-state index contributed by atoms with van der Waals surface area (Å²) in [5.41, 5.74) is 4.59. The Morgan fingerprint density at radius 1 is 1.08 bits per heavy atom. The molecule has 0 bridgehead atoms. The van der Waals surface area contributed by atoms with Crippen molar-refractivity contribution in [3.05, 3.63) is 60.4 Å². The number of hydrogen-bond acceptors (Lipinski definition) is 6. The maximum atomic E-state index is 5.31. The van der Waals surface area contributed by atoms with Crippen LogP contribution in [-0.4, -0.2) is 33.1 Å². The molecule has 2 aromatic carbocycles. The van der Waals surface area contributed by atoms with E-state index in [1.807, 2.05) is 48.5 Å². The third-order valence-corrected chi connectivity index (χ3v) is 3.67. The molecule has 0 saturated carbocycles. The highest BCUT2D eigenvalue weighted by Crippen LogP contribution is 2.24. The molecule has 1 N–H and O–H groups in total. The van der Waals surface area contributed by atoms with Crippen molar-refractivity contribution in [3.8, 4) is 5.75 Å². The number of ether oxygens (including phenoxy) is 1. The third kappa shape index (κ3) is 2.41. The SMILES string of the molecule is COc1ccccc1/C=N/Nc1nn2cnnc2c2ccccc12. The van der Waals surface area contributed by atoms with Crippen LogP contribution in [0.1, 0.15) is 5.56 Å². The number of anilines is 1. The molecule has 7 heteroatoms. The van der Waals surface area contributed by atoms with E-state index in [9.17, 15) is 0 Å². The molecular formula is C17H14N6O. The van der Waals surface area contributed by atoms with Crippen molar-refractivity contribution < 1.29 is 4.74 Å². The van der Waals surface area contributed by atoms with Crippen LogP contribution >= 0.6 is 0 Å². The molecule has 2 aromatic heterocycles. The molecule has 0 aliphatic heterocycles. The average Bonchev–Trinajstić information content (AvgIpc) is 3.11. The number of rotatable bonds is 4. The van der Waals surface area contributed by atoms with Crippen LogP contribution in [0.5, 0.6) is 5.75 Å². The summed E-state index contributed by atoms with van der Waals surface area (Å²) in [6.07, 6.45) is 3.27. The Hall–Kier alpha value is -3.48. The van der Waals surface area contributed by atoms with E-state index in [0.717, 1.165) is 22.1 Å². The number of nitrogens with zero attached hydrogens (tertiary/aromatic N) is 5. The van der Waals surface area contributed by atoms with Crippen molar-refractivity contribution in [2.24, 2.45) is 5.10 Å². The average molecular weight is 318 g/mol. The highest BCUT2D eigenvalue weighted by atomic mass is 16.5. The first-order valence-electron chi connectivity index (χ1n) is 7.37. The summed E-state index contributed by atoms with van der Waals surface area (Å²) in [6.45, 7) is 0. The van der Waals surface area contributed by atoms with E-state index in [-0.39, 0.29) is 0 Å². The van der Waals surface area contributed by atoms with Crippen LogP contribution in [0.2, 0.25) is 0 Å². The lowest BCUT2D eigenvalue weighted by atomic mass is 10.2. The maximum Gasteiger partial charge on any atom is 0.185 e. The van der Waals surface area contributed by atoms with Crippen molar-refractivity contribution >= 4 is 28.5 Å². The van der Waals surface area contributed by atoms with E-state index in [4.69, 9.17) is 4.74 Å². The molecule has 0 fully saturated rings. The fourth-order valence-corrected chi connectivity index (χ4v) is 2.55. The van der Waals surface area contributed by atoms with Crippen LogP contribution in [0, 0.1) is 0 Å². The van der Waals surface area contributed by atoms with Crippen molar-refractivity contribution in [2.45, 2.75) is 0 Å². The van der Waals surface area contributed by atoms with Crippen LogP contribution in [0.15, 0.2) is 60.0 Å². The fourth-order valence-electron chi connectivity index (χ4n) is 2.55. The van der Waals surface area contributed by atoms with Crippen LogP contribution in [0.4, 0.5) is 5.82 Å². The Kier molecular flexibility index (Phi) is 3.51. The molecule has 4 aromatic rings. The van der Waals surface area contributed by atoms with Gasteiger partial charge in [0.1, 0.15) is 12.1 Å². The van der Waals surface area contributed by atoms with Crippen LogP contribution in [0.3, 0.4) is 0 Å². The Bertz CT molecular complexity index is 1040. The van der Waals surface area contributed by atoms with Gasteiger partial charge in [0, 0.05) is 16.3 Å². The van der Waals surface area contributed by atoms with E-state index < -0.39 is 0 Å². The van der Waals surface area contributed by atoms with Crippen LogP contribution in [-0.2, 0) is 0 Å². The van der Waals surface area contributed by atoms with Crippen molar-refractivity contribution in [3.63, 3.8) is 0 Å². The lowest BCUT2D eigenvalue weighted by molar-refractivity contribution is 0.414. The smallest absolute Gasteiger partial charge is 0.185 e.